The minimum Gasteiger partial charge on any atom is -0.384 e. The molecule has 0 aliphatic carbocycles. The van der Waals surface area contributed by atoms with E-state index in [0.717, 1.165) is 0 Å². The third-order valence-corrected chi connectivity index (χ3v) is 5.01. The van der Waals surface area contributed by atoms with Gasteiger partial charge in [-0.2, -0.15) is 0 Å². The Hall–Kier alpha value is 0.180. The van der Waals surface area contributed by atoms with E-state index >= 15 is 0 Å². The summed E-state index contributed by atoms with van der Waals surface area (Å²) in [5.41, 5.74) is -1.19. The van der Waals surface area contributed by atoms with Gasteiger partial charge in [0.1, 0.15) is 5.60 Å². The molecule has 0 aromatic carbocycles. The van der Waals surface area contributed by atoms with Gasteiger partial charge in [-0.1, -0.05) is 17.7 Å². The van der Waals surface area contributed by atoms with Crippen LogP contribution in [-0.2, 0) is 9.09 Å². The molecule has 1 aliphatic rings. The van der Waals surface area contributed by atoms with Crippen molar-refractivity contribution in [3.05, 3.63) is 11.1 Å². The van der Waals surface area contributed by atoms with Crippen LogP contribution in [0.1, 0.15) is 6.92 Å². The zero-order valence-corrected chi connectivity index (χ0v) is 8.73. The molecule has 1 aliphatic heterocycles. The zero-order chi connectivity index (χ0) is 9.41. The first-order chi connectivity index (χ1) is 5.40. The van der Waals surface area contributed by atoms with Crippen molar-refractivity contribution in [2.24, 2.45) is 0 Å². The molecule has 0 spiro atoms. The van der Waals surface area contributed by atoms with Gasteiger partial charge in [0.15, 0.2) is 0 Å². The minimum absolute atomic E-state index is 0.103. The fourth-order valence-corrected chi connectivity index (χ4v) is 3.51. The Bertz CT molecular complexity index is 259. The second kappa shape index (κ2) is 3.15. The quantitative estimate of drug-likeness (QED) is 0.672. The summed E-state index contributed by atoms with van der Waals surface area (Å²) >= 11 is 5.73. The van der Waals surface area contributed by atoms with Gasteiger partial charge >= 0.3 is 0 Å². The summed E-state index contributed by atoms with van der Waals surface area (Å²) in [5, 5.41) is 10.0. The predicted octanol–water partition coefficient (Wildman–Crippen LogP) is 1.80. The Kier molecular flexibility index (Phi) is 2.69. The number of hydrogen-bond acceptors (Lipinski definition) is 3. The minimum atomic E-state index is -2.66. The van der Waals surface area contributed by atoms with E-state index in [0.29, 0.717) is 11.2 Å². The summed E-state index contributed by atoms with van der Waals surface area (Å²) in [4.78, 5) is 0. The van der Waals surface area contributed by atoms with E-state index in [2.05, 4.69) is 0 Å². The highest BCUT2D eigenvalue weighted by Gasteiger charge is 2.38. The Labute approximate surface area is 76.8 Å². The van der Waals surface area contributed by atoms with Crippen molar-refractivity contribution in [2.75, 3.05) is 19.4 Å². The Morgan fingerprint density at radius 1 is 1.83 bits per heavy atom. The third kappa shape index (κ3) is 1.91. The normalized spacial score (nSPS) is 42.5. The van der Waals surface area contributed by atoms with Crippen molar-refractivity contribution >= 4 is 19.0 Å². The van der Waals surface area contributed by atoms with Crippen LogP contribution in [-0.4, -0.2) is 30.1 Å². The average Bonchev–Trinajstić information content (AvgIpc) is 1.97. The summed E-state index contributed by atoms with van der Waals surface area (Å²) in [5.74, 6) is 0. The second-order valence-corrected chi connectivity index (χ2v) is 6.25. The van der Waals surface area contributed by atoms with Crippen LogP contribution in [0.4, 0.5) is 0 Å². The molecule has 0 aromatic rings. The standard InChI is InChI=1S/C7H12ClO3P/c1-7(9)5-12(10,11-2)4-3-6(7)8/h3,9H,4-5H2,1-2H3/t7-,12+/m1/s1. The average molecular weight is 211 g/mol. The zero-order valence-electron chi connectivity index (χ0n) is 7.08. The van der Waals surface area contributed by atoms with E-state index in [1.54, 1.807) is 6.08 Å². The third-order valence-electron chi connectivity index (χ3n) is 1.94. The number of allylic oxidation sites excluding steroid dienone is 1. The molecular formula is C7H12ClO3P. The molecule has 0 fully saturated rings. The van der Waals surface area contributed by atoms with Crippen LogP contribution in [0.2, 0.25) is 0 Å². The van der Waals surface area contributed by atoms with Crippen molar-refractivity contribution < 1.29 is 14.2 Å². The van der Waals surface area contributed by atoms with E-state index in [1.807, 2.05) is 0 Å². The first-order valence-electron chi connectivity index (χ1n) is 3.62. The molecule has 0 saturated carbocycles. The highest BCUT2D eigenvalue weighted by Crippen LogP contribution is 2.53. The number of aliphatic hydroxyl groups is 1. The first-order valence-corrected chi connectivity index (χ1v) is 5.99. The molecule has 5 heteroatoms. The molecule has 3 nitrogen and oxygen atoms in total. The fraction of sp³-hybridized carbons (Fsp3) is 0.714. The van der Waals surface area contributed by atoms with E-state index in [9.17, 15) is 9.67 Å². The molecule has 70 valence electrons. The van der Waals surface area contributed by atoms with Crippen molar-refractivity contribution in [2.45, 2.75) is 12.5 Å². The molecule has 1 rings (SSSR count). The fourth-order valence-electron chi connectivity index (χ4n) is 1.19. The maximum absolute atomic E-state index is 11.7. The largest absolute Gasteiger partial charge is 0.384 e. The molecule has 0 aromatic heterocycles. The topological polar surface area (TPSA) is 46.5 Å². The molecule has 0 amide bonds. The smallest absolute Gasteiger partial charge is 0.209 e. The number of hydrogen-bond donors (Lipinski definition) is 1. The van der Waals surface area contributed by atoms with E-state index in [-0.39, 0.29) is 6.16 Å². The van der Waals surface area contributed by atoms with Crippen LogP contribution < -0.4 is 0 Å². The van der Waals surface area contributed by atoms with Gasteiger partial charge < -0.3 is 9.63 Å². The monoisotopic (exact) mass is 210 g/mol. The van der Waals surface area contributed by atoms with E-state index < -0.39 is 13.0 Å². The molecule has 2 atom stereocenters. The molecule has 12 heavy (non-hydrogen) atoms. The lowest BCUT2D eigenvalue weighted by molar-refractivity contribution is 0.125. The summed E-state index contributed by atoms with van der Waals surface area (Å²) in [6.07, 6.45) is 1.99. The predicted molar refractivity (Wildman–Crippen MR) is 48.9 cm³/mol. The highest BCUT2D eigenvalue weighted by atomic mass is 35.5. The van der Waals surface area contributed by atoms with Crippen molar-refractivity contribution in [1.29, 1.82) is 0 Å². The first kappa shape index (κ1) is 10.3. The van der Waals surface area contributed by atoms with Gasteiger partial charge in [-0.05, 0) is 6.92 Å². The Balaban J connectivity index is 2.93. The Morgan fingerprint density at radius 3 is 2.83 bits per heavy atom. The second-order valence-electron chi connectivity index (χ2n) is 3.16. The van der Waals surface area contributed by atoms with Gasteiger partial charge in [-0.25, -0.2) is 0 Å². The molecular weight excluding hydrogens is 199 g/mol. The van der Waals surface area contributed by atoms with Crippen LogP contribution in [0.5, 0.6) is 0 Å². The summed E-state index contributed by atoms with van der Waals surface area (Å²) in [7, 11) is -1.27. The molecule has 1 heterocycles. The molecule has 1 N–H and O–H groups in total. The highest BCUT2D eigenvalue weighted by molar-refractivity contribution is 7.59. The van der Waals surface area contributed by atoms with Gasteiger partial charge in [0.2, 0.25) is 7.37 Å². The molecule has 0 unspecified atom stereocenters. The van der Waals surface area contributed by atoms with Gasteiger partial charge in [0, 0.05) is 18.3 Å². The lowest BCUT2D eigenvalue weighted by atomic mass is 10.1. The van der Waals surface area contributed by atoms with Gasteiger partial charge in [0.25, 0.3) is 0 Å². The molecule has 0 saturated heterocycles. The van der Waals surface area contributed by atoms with Crippen molar-refractivity contribution in [3.8, 4) is 0 Å². The van der Waals surface area contributed by atoms with Crippen LogP contribution in [0.3, 0.4) is 0 Å². The van der Waals surface area contributed by atoms with E-state index in [4.69, 9.17) is 16.1 Å². The molecule has 0 bridgehead atoms. The van der Waals surface area contributed by atoms with Crippen LogP contribution in [0.15, 0.2) is 11.1 Å². The number of rotatable bonds is 1. The Morgan fingerprint density at radius 2 is 2.42 bits per heavy atom. The van der Waals surface area contributed by atoms with Gasteiger partial charge in [-0.3, -0.25) is 4.57 Å². The summed E-state index contributed by atoms with van der Waals surface area (Å²) in [6.45, 7) is 1.54. The summed E-state index contributed by atoms with van der Waals surface area (Å²) in [6, 6.07) is 0. The molecule has 0 radical (unpaired) electrons. The van der Waals surface area contributed by atoms with Crippen molar-refractivity contribution in [3.63, 3.8) is 0 Å². The van der Waals surface area contributed by atoms with Gasteiger partial charge in [0.05, 0.1) is 6.16 Å². The summed E-state index contributed by atoms with van der Waals surface area (Å²) < 4.78 is 16.5. The lowest BCUT2D eigenvalue weighted by Crippen LogP contribution is -2.33. The maximum atomic E-state index is 11.7. The lowest BCUT2D eigenvalue weighted by Gasteiger charge is -2.31. The van der Waals surface area contributed by atoms with Gasteiger partial charge in [-0.15, -0.1) is 0 Å². The van der Waals surface area contributed by atoms with Crippen molar-refractivity contribution in [1.82, 2.24) is 0 Å². The van der Waals surface area contributed by atoms with Crippen LogP contribution >= 0.6 is 19.0 Å². The van der Waals surface area contributed by atoms with Crippen LogP contribution in [0, 0.1) is 0 Å². The van der Waals surface area contributed by atoms with E-state index in [1.165, 1.54) is 14.0 Å². The SMILES string of the molecule is CO[P@@]1(=O)CC=C(Cl)[C@](C)(O)C1. The maximum Gasteiger partial charge on any atom is 0.209 e. The van der Waals surface area contributed by atoms with Crippen LogP contribution in [0.25, 0.3) is 0 Å². The number of halogens is 1.